The Kier molecular flexibility index (Phi) is 4.45. The monoisotopic (exact) mass is 366 g/mol. The molecule has 2 heterocycles. The van der Waals surface area contributed by atoms with Crippen LogP contribution in [0.2, 0.25) is 0 Å². The first kappa shape index (κ1) is 17.7. The van der Waals surface area contributed by atoms with Gasteiger partial charge in [-0.25, -0.2) is 9.97 Å². The number of alkyl halides is 3. The Labute approximate surface area is 147 Å². The van der Waals surface area contributed by atoms with Gasteiger partial charge in [-0.05, 0) is 49.1 Å². The zero-order valence-electron chi connectivity index (χ0n) is 14.2. The molecule has 0 saturated carbocycles. The number of pyridine rings is 1. The van der Waals surface area contributed by atoms with Gasteiger partial charge >= 0.3 is 6.36 Å². The molecule has 0 amide bonds. The van der Waals surface area contributed by atoms with Crippen molar-refractivity contribution in [3.8, 4) is 16.5 Å². The lowest BCUT2D eigenvalue weighted by Gasteiger charge is -2.13. The van der Waals surface area contributed by atoms with Crippen molar-refractivity contribution in [2.45, 2.75) is 40.0 Å². The Balaban J connectivity index is 2.10. The summed E-state index contributed by atoms with van der Waals surface area (Å²) in [7, 11) is 0. The third-order valence-corrected chi connectivity index (χ3v) is 4.73. The summed E-state index contributed by atoms with van der Waals surface area (Å²) < 4.78 is 41.5. The molecule has 0 N–H and O–H groups in total. The molecular formula is C18H17F3N2OS. The lowest BCUT2D eigenvalue weighted by molar-refractivity contribution is -0.274. The van der Waals surface area contributed by atoms with E-state index in [1.54, 1.807) is 6.92 Å². The van der Waals surface area contributed by atoms with E-state index in [2.05, 4.69) is 28.6 Å². The maximum atomic E-state index is 12.5. The molecule has 0 bridgehead atoms. The first-order valence-electron chi connectivity index (χ1n) is 7.77. The highest BCUT2D eigenvalue weighted by Crippen LogP contribution is 2.33. The van der Waals surface area contributed by atoms with E-state index >= 15 is 0 Å². The third-order valence-electron chi connectivity index (χ3n) is 3.85. The van der Waals surface area contributed by atoms with Crippen LogP contribution in [0.5, 0.6) is 5.75 Å². The second-order valence-corrected chi connectivity index (χ2v) is 7.10. The van der Waals surface area contributed by atoms with E-state index < -0.39 is 6.36 Å². The molecule has 0 spiro atoms. The molecule has 0 aliphatic rings. The van der Waals surface area contributed by atoms with Crippen molar-refractivity contribution in [2.75, 3.05) is 0 Å². The van der Waals surface area contributed by atoms with E-state index in [0.717, 1.165) is 22.0 Å². The smallest absolute Gasteiger partial charge is 0.406 e. The van der Waals surface area contributed by atoms with E-state index in [9.17, 15) is 13.2 Å². The minimum Gasteiger partial charge on any atom is -0.406 e. The molecule has 0 saturated heterocycles. The van der Waals surface area contributed by atoms with Crippen molar-refractivity contribution in [3.63, 3.8) is 0 Å². The van der Waals surface area contributed by atoms with Crippen molar-refractivity contribution in [2.24, 2.45) is 0 Å². The Morgan fingerprint density at radius 2 is 1.76 bits per heavy atom. The third kappa shape index (κ3) is 3.76. The summed E-state index contributed by atoms with van der Waals surface area (Å²) in [5.74, 6) is 0.0989. The fourth-order valence-electron chi connectivity index (χ4n) is 2.60. The highest BCUT2D eigenvalue weighted by atomic mass is 32.1. The summed E-state index contributed by atoms with van der Waals surface area (Å²) in [6, 6.07) is 4.58. The van der Waals surface area contributed by atoms with E-state index in [4.69, 9.17) is 0 Å². The molecule has 3 aromatic rings. The molecule has 2 aromatic heterocycles. The van der Waals surface area contributed by atoms with Crippen LogP contribution in [0.15, 0.2) is 23.6 Å². The molecule has 1 aromatic carbocycles. The number of aryl methyl sites for hydroxylation is 2. The van der Waals surface area contributed by atoms with Crippen molar-refractivity contribution in [1.29, 1.82) is 0 Å². The Bertz CT molecular complexity index is 932. The SMILES string of the molecule is Cc1cc(-c2nc(C(C)C)cs2)nc2c(C)cc(OC(F)(F)F)cc12. The number of ether oxygens (including phenoxy) is 1. The topological polar surface area (TPSA) is 35.0 Å². The number of benzene rings is 1. The van der Waals surface area contributed by atoms with Gasteiger partial charge < -0.3 is 4.74 Å². The highest BCUT2D eigenvalue weighted by molar-refractivity contribution is 7.13. The maximum Gasteiger partial charge on any atom is 0.573 e. The minimum atomic E-state index is -4.71. The number of hydrogen-bond acceptors (Lipinski definition) is 4. The van der Waals surface area contributed by atoms with E-state index in [0.29, 0.717) is 22.4 Å². The quantitative estimate of drug-likeness (QED) is 0.570. The molecule has 3 nitrogen and oxygen atoms in total. The number of halogens is 3. The second kappa shape index (κ2) is 6.29. The molecule has 0 aliphatic carbocycles. The Morgan fingerprint density at radius 3 is 2.36 bits per heavy atom. The van der Waals surface area contributed by atoms with Gasteiger partial charge in [-0.1, -0.05) is 13.8 Å². The standard InChI is InChI=1S/C18H17F3N2OS/c1-9(2)15-8-25-17(23-15)14-6-10(3)13-7-12(24-18(19,20)21)5-11(4)16(13)22-14/h5-9H,1-4H3. The van der Waals surface area contributed by atoms with Crippen LogP contribution in [-0.4, -0.2) is 16.3 Å². The molecule has 0 fully saturated rings. The number of rotatable bonds is 3. The summed E-state index contributed by atoms with van der Waals surface area (Å²) in [6.45, 7) is 7.72. The molecule has 0 unspecified atom stereocenters. The van der Waals surface area contributed by atoms with E-state index in [1.165, 1.54) is 23.5 Å². The van der Waals surface area contributed by atoms with Crippen LogP contribution in [0.3, 0.4) is 0 Å². The average molecular weight is 366 g/mol. The lowest BCUT2D eigenvalue weighted by atomic mass is 10.0. The zero-order chi connectivity index (χ0) is 18.4. The molecule has 0 radical (unpaired) electrons. The molecule has 3 rings (SSSR count). The number of aromatic nitrogens is 2. The summed E-state index contributed by atoms with van der Waals surface area (Å²) in [5.41, 5.74) is 3.85. The molecule has 7 heteroatoms. The van der Waals surface area contributed by atoms with Crippen LogP contribution in [0.1, 0.15) is 36.6 Å². The predicted molar refractivity (Wildman–Crippen MR) is 93.1 cm³/mol. The number of nitrogens with zero attached hydrogens (tertiary/aromatic N) is 2. The Morgan fingerprint density at radius 1 is 1.04 bits per heavy atom. The average Bonchev–Trinajstić information content (AvgIpc) is 2.96. The number of thiazole rings is 1. The molecule has 0 atom stereocenters. The molecular weight excluding hydrogens is 349 g/mol. The van der Waals surface area contributed by atoms with Gasteiger partial charge in [0.2, 0.25) is 0 Å². The van der Waals surface area contributed by atoms with Crippen LogP contribution in [-0.2, 0) is 0 Å². The fourth-order valence-corrected chi connectivity index (χ4v) is 3.54. The largest absolute Gasteiger partial charge is 0.573 e. The lowest BCUT2D eigenvalue weighted by Crippen LogP contribution is -2.17. The second-order valence-electron chi connectivity index (χ2n) is 6.24. The van der Waals surface area contributed by atoms with Gasteiger partial charge in [0.05, 0.1) is 16.9 Å². The van der Waals surface area contributed by atoms with Crippen LogP contribution in [0, 0.1) is 13.8 Å². The van der Waals surface area contributed by atoms with Crippen molar-refractivity contribution >= 4 is 22.2 Å². The minimum absolute atomic E-state index is 0.230. The molecule has 25 heavy (non-hydrogen) atoms. The van der Waals surface area contributed by atoms with E-state index in [-0.39, 0.29) is 5.75 Å². The van der Waals surface area contributed by atoms with Crippen molar-refractivity contribution in [1.82, 2.24) is 9.97 Å². The molecule has 0 aliphatic heterocycles. The fraction of sp³-hybridized carbons (Fsp3) is 0.333. The summed E-state index contributed by atoms with van der Waals surface area (Å²) in [5, 5.41) is 3.46. The van der Waals surface area contributed by atoms with Gasteiger partial charge in [0.1, 0.15) is 10.8 Å². The van der Waals surface area contributed by atoms with Crippen LogP contribution in [0.25, 0.3) is 21.6 Å². The van der Waals surface area contributed by atoms with Gasteiger partial charge in [0.15, 0.2) is 0 Å². The first-order valence-corrected chi connectivity index (χ1v) is 8.65. The van der Waals surface area contributed by atoms with Gasteiger partial charge in [0.25, 0.3) is 0 Å². The van der Waals surface area contributed by atoms with Gasteiger partial charge in [0, 0.05) is 10.8 Å². The van der Waals surface area contributed by atoms with Crippen molar-refractivity contribution in [3.05, 3.63) is 40.4 Å². The van der Waals surface area contributed by atoms with Gasteiger partial charge in [-0.3, -0.25) is 0 Å². The molecule has 132 valence electrons. The van der Waals surface area contributed by atoms with Crippen LogP contribution >= 0.6 is 11.3 Å². The Hall–Kier alpha value is -2.15. The highest BCUT2D eigenvalue weighted by Gasteiger charge is 2.31. The maximum absolute atomic E-state index is 12.5. The van der Waals surface area contributed by atoms with Crippen molar-refractivity contribution < 1.29 is 17.9 Å². The summed E-state index contributed by atoms with van der Waals surface area (Å²) in [6.07, 6.45) is -4.71. The van der Waals surface area contributed by atoms with Gasteiger partial charge in [-0.15, -0.1) is 24.5 Å². The summed E-state index contributed by atoms with van der Waals surface area (Å²) in [4.78, 5) is 9.23. The zero-order valence-corrected chi connectivity index (χ0v) is 15.0. The normalized spacial score (nSPS) is 12.2. The number of hydrogen-bond donors (Lipinski definition) is 0. The predicted octanol–water partition coefficient (Wildman–Crippen LogP) is 6.00. The van der Waals surface area contributed by atoms with Crippen LogP contribution < -0.4 is 4.74 Å². The summed E-state index contributed by atoms with van der Waals surface area (Å²) >= 11 is 1.52. The first-order chi connectivity index (χ1) is 11.6. The number of fused-ring (bicyclic) bond motifs is 1. The van der Waals surface area contributed by atoms with E-state index in [1.807, 2.05) is 18.4 Å². The van der Waals surface area contributed by atoms with Crippen LogP contribution in [0.4, 0.5) is 13.2 Å². The van der Waals surface area contributed by atoms with Gasteiger partial charge in [-0.2, -0.15) is 0 Å².